The van der Waals surface area contributed by atoms with Crippen LogP contribution in [0.1, 0.15) is 26.2 Å². The molecule has 0 aromatic heterocycles. The van der Waals surface area contributed by atoms with Gasteiger partial charge in [0.2, 0.25) is 0 Å². The Labute approximate surface area is 89.9 Å². The zero-order chi connectivity index (χ0) is 11.9. The van der Waals surface area contributed by atoms with E-state index in [0.29, 0.717) is 12.8 Å². The fourth-order valence-electron chi connectivity index (χ4n) is 1.11. The maximum Gasteiger partial charge on any atom is 0.330 e. The normalized spacial score (nSPS) is 13.2. The molecule has 1 unspecified atom stereocenters. The van der Waals surface area contributed by atoms with Gasteiger partial charge >= 0.3 is 5.97 Å². The number of rotatable bonds is 7. The lowest BCUT2D eigenvalue weighted by Gasteiger charge is -2.10. The van der Waals surface area contributed by atoms with Crippen LogP contribution in [0.5, 0.6) is 0 Å². The summed E-state index contributed by atoms with van der Waals surface area (Å²) in [6.07, 6.45) is 2.06. The summed E-state index contributed by atoms with van der Waals surface area (Å²) in [7, 11) is -3.98. The first-order valence-corrected chi connectivity index (χ1v) is 6.17. The first-order valence-electron chi connectivity index (χ1n) is 4.67. The quantitative estimate of drug-likeness (QED) is 0.310. The predicted molar refractivity (Wildman–Crippen MR) is 56.0 cm³/mol. The van der Waals surface area contributed by atoms with Gasteiger partial charge in [0.1, 0.15) is 0 Å². The Morgan fingerprint density at radius 1 is 1.60 bits per heavy atom. The van der Waals surface area contributed by atoms with E-state index in [-0.39, 0.29) is 13.0 Å². The van der Waals surface area contributed by atoms with Crippen LogP contribution >= 0.6 is 0 Å². The molecule has 0 amide bonds. The highest BCUT2D eigenvalue weighted by molar-refractivity contribution is 7.86. The molecule has 0 aliphatic carbocycles. The monoisotopic (exact) mass is 236 g/mol. The highest BCUT2D eigenvalue weighted by Crippen LogP contribution is 2.11. The minimum Gasteiger partial charge on any atom is -0.463 e. The van der Waals surface area contributed by atoms with Crippen molar-refractivity contribution in [1.82, 2.24) is 0 Å². The summed E-state index contributed by atoms with van der Waals surface area (Å²) in [6, 6.07) is 0. The molecule has 0 fully saturated rings. The van der Waals surface area contributed by atoms with Gasteiger partial charge in [-0.15, -0.1) is 0 Å². The molecule has 0 aliphatic rings. The van der Waals surface area contributed by atoms with Crippen LogP contribution in [0.25, 0.3) is 0 Å². The molecule has 6 heteroatoms. The van der Waals surface area contributed by atoms with E-state index in [9.17, 15) is 13.2 Å². The van der Waals surface area contributed by atoms with Crippen LogP contribution < -0.4 is 0 Å². The summed E-state index contributed by atoms with van der Waals surface area (Å²) in [5.41, 5.74) is 0. The van der Waals surface area contributed by atoms with Crippen molar-refractivity contribution in [2.24, 2.45) is 0 Å². The van der Waals surface area contributed by atoms with Gasteiger partial charge in [0.15, 0.2) is 0 Å². The van der Waals surface area contributed by atoms with Gasteiger partial charge in [0.05, 0.1) is 11.9 Å². The second-order valence-corrected chi connectivity index (χ2v) is 4.76. The average molecular weight is 236 g/mol. The van der Waals surface area contributed by atoms with E-state index in [1.165, 1.54) is 0 Å². The second-order valence-electron chi connectivity index (χ2n) is 3.06. The Bertz CT molecular complexity index is 306. The van der Waals surface area contributed by atoms with Crippen LogP contribution in [-0.2, 0) is 19.6 Å². The third-order valence-electron chi connectivity index (χ3n) is 1.96. The minimum atomic E-state index is -3.98. The Balaban J connectivity index is 3.84. The predicted octanol–water partition coefficient (Wildman–Crippen LogP) is 1.16. The lowest BCUT2D eigenvalue weighted by Crippen LogP contribution is -2.20. The molecule has 0 rings (SSSR count). The molecule has 0 saturated heterocycles. The molecule has 0 saturated carbocycles. The molecule has 0 aromatic rings. The van der Waals surface area contributed by atoms with Crippen LogP contribution in [0.15, 0.2) is 12.7 Å². The molecule has 0 heterocycles. The van der Waals surface area contributed by atoms with Gasteiger partial charge in [-0.25, -0.2) is 4.79 Å². The van der Waals surface area contributed by atoms with E-state index < -0.39 is 21.3 Å². The third kappa shape index (κ3) is 6.24. The molecule has 0 bridgehead atoms. The zero-order valence-electron chi connectivity index (χ0n) is 8.68. The highest BCUT2D eigenvalue weighted by atomic mass is 32.2. The number of hydrogen-bond acceptors (Lipinski definition) is 4. The molecule has 88 valence electrons. The van der Waals surface area contributed by atoms with Crippen molar-refractivity contribution >= 4 is 16.1 Å². The molecule has 0 radical (unpaired) electrons. The molecular weight excluding hydrogens is 220 g/mol. The molecule has 0 aliphatic heterocycles. The SMILES string of the molecule is C=CC(=O)OCCCC(CC)S(=O)(=O)O. The fourth-order valence-corrected chi connectivity index (χ4v) is 1.99. The minimum absolute atomic E-state index is 0.136. The molecular formula is C9H16O5S. The van der Waals surface area contributed by atoms with Crippen LogP contribution in [0.4, 0.5) is 0 Å². The van der Waals surface area contributed by atoms with E-state index in [1.54, 1.807) is 6.92 Å². The molecule has 0 spiro atoms. The van der Waals surface area contributed by atoms with Gasteiger partial charge in [-0.05, 0) is 19.3 Å². The largest absolute Gasteiger partial charge is 0.463 e. The van der Waals surface area contributed by atoms with Crippen molar-refractivity contribution < 1.29 is 22.5 Å². The van der Waals surface area contributed by atoms with Crippen LogP contribution in [0.2, 0.25) is 0 Å². The van der Waals surface area contributed by atoms with Crippen LogP contribution in [0.3, 0.4) is 0 Å². The Kier molecular flexibility index (Phi) is 6.19. The summed E-state index contributed by atoms with van der Waals surface area (Å²) in [4.78, 5) is 10.6. The fraction of sp³-hybridized carbons (Fsp3) is 0.667. The van der Waals surface area contributed by atoms with E-state index >= 15 is 0 Å². The number of hydrogen-bond donors (Lipinski definition) is 1. The highest BCUT2D eigenvalue weighted by Gasteiger charge is 2.20. The Hall–Kier alpha value is -0.880. The maximum atomic E-state index is 10.8. The van der Waals surface area contributed by atoms with Crippen molar-refractivity contribution in [2.75, 3.05) is 6.61 Å². The van der Waals surface area contributed by atoms with Gasteiger partial charge in [0, 0.05) is 6.08 Å². The van der Waals surface area contributed by atoms with Crippen molar-refractivity contribution in [1.29, 1.82) is 0 Å². The first-order chi connectivity index (χ1) is 6.91. The van der Waals surface area contributed by atoms with Gasteiger partial charge < -0.3 is 4.74 Å². The number of carbonyl (C=O) groups is 1. The smallest absolute Gasteiger partial charge is 0.330 e. The Morgan fingerprint density at radius 3 is 2.60 bits per heavy atom. The summed E-state index contributed by atoms with van der Waals surface area (Å²) < 4.78 is 35.0. The average Bonchev–Trinajstić information content (AvgIpc) is 2.15. The van der Waals surface area contributed by atoms with Crippen molar-refractivity contribution in [3.8, 4) is 0 Å². The van der Waals surface area contributed by atoms with Gasteiger partial charge in [-0.3, -0.25) is 4.55 Å². The Morgan fingerprint density at radius 2 is 2.20 bits per heavy atom. The van der Waals surface area contributed by atoms with Gasteiger partial charge in [0.25, 0.3) is 10.1 Å². The number of esters is 1. The van der Waals surface area contributed by atoms with E-state index in [4.69, 9.17) is 4.55 Å². The zero-order valence-corrected chi connectivity index (χ0v) is 9.50. The van der Waals surface area contributed by atoms with Crippen LogP contribution in [0, 0.1) is 0 Å². The topological polar surface area (TPSA) is 80.7 Å². The summed E-state index contributed by atoms with van der Waals surface area (Å²) in [6.45, 7) is 5.03. The summed E-state index contributed by atoms with van der Waals surface area (Å²) >= 11 is 0. The maximum absolute atomic E-state index is 10.8. The van der Waals surface area contributed by atoms with E-state index in [2.05, 4.69) is 11.3 Å². The van der Waals surface area contributed by atoms with E-state index in [1.807, 2.05) is 0 Å². The van der Waals surface area contributed by atoms with E-state index in [0.717, 1.165) is 6.08 Å². The molecule has 1 N–H and O–H groups in total. The van der Waals surface area contributed by atoms with Crippen molar-refractivity contribution in [3.05, 3.63) is 12.7 Å². The number of ether oxygens (including phenoxy) is 1. The summed E-state index contributed by atoms with van der Waals surface area (Å²) in [5, 5.41) is -0.778. The van der Waals surface area contributed by atoms with Crippen molar-refractivity contribution in [3.63, 3.8) is 0 Å². The van der Waals surface area contributed by atoms with Gasteiger partial charge in [-0.2, -0.15) is 8.42 Å². The number of carbonyl (C=O) groups excluding carboxylic acids is 1. The standard InChI is InChI=1S/C9H16O5S/c1-3-8(15(11,12)13)6-5-7-14-9(10)4-2/h4,8H,2-3,5-7H2,1H3,(H,11,12,13). The third-order valence-corrected chi connectivity index (χ3v) is 3.37. The molecule has 1 atom stereocenters. The molecule has 5 nitrogen and oxygen atoms in total. The first kappa shape index (κ1) is 14.1. The van der Waals surface area contributed by atoms with Gasteiger partial charge in [-0.1, -0.05) is 13.5 Å². The molecule has 0 aromatic carbocycles. The lowest BCUT2D eigenvalue weighted by molar-refractivity contribution is -0.137. The molecule has 15 heavy (non-hydrogen) atoms. The second kappa shape index (κ2) is 6.58. The summed E-state index contributed by atoms with van der Waals surface area (Å²) in [5.74, 6) is -0.532. The van der Waals surface area contributed by atoms with Crippen LogP contribution in [-0.4, -0.2) is 30.8 Å². The lowest BCUT2D eigenvalue weighted by atomic mass is 10.2. The van der Waals surface area contributed by atoms with Crippen molar-refractivity contribution in [2.45, 2.75) is 31.4 Å².